The third kappa shape index (κ3) is 7.11. The standard InChI is InChI=1S/C15H23NO2S/c1-5-18-14(17)10-11-16-12-6-8-13(9-7-12)19-15(2,3)4/h6-9,16H,5,10-11H2,1-4H3. The van der Waals surface area contributed by atoms with Crippen LogP contribution in [0.5, 0.6) is 0 Å². The van der Waals surface area contributed by atoms with Crippen LogP contribution in [0.1, 0.15) is 34.1 Å². The van der Waals surface area contributed by atoms with Gasteiger partial charge in [-0.2, -0.15) is 0 Å². The molecular weight excluding hydrogens is 258 g/mol. The number of carbonyl (C=O) groups is 1. The van der Waals surface area contributed by atoms with Crippen LogP contribution >= 0.6 is 11.8 Å². The lowest BCUT2D eigenvalue weighted by atomic mass is 10.3. The first-order valence-electron chi connectivity index (χ1n) is 6.59. The molecule has 4 heteroatoms. The van der Waals surface area contributed by atoms with Gasteiger partial charge in [0.05, 0.1) is 13.0 Å². The number of rotatable bonds is 6. The number of esters is 1. The highest BCUT2D eigenvalue weighted by Gasteiger charge is 2.11. The van der Waals surface area contributed by atoms with E-state index in [1.54, 1.807) is 0 Å². The van der Waals surface area contributed by atoms with Gasteiger partial charge in [0.25, 0.3) is 0 Å². The Bertz CT molecular complexity index is 396. The van der Waals surface area contributed by atoms with Gasteiger partial charge in [0.1, 0.15) is 0 Å². The molecule has 3 nitrogen and oxygen atoms in total. The van der Waals surface area contributed by atoms with Crippen molar-refractivity contribution in [2.45, 2.75) is 43.8 Å². The maximum atomic E-state index is 11.2. The van der Waals surface area contributed by atoms with Crippen molar-refractivity contribution >= 4 is 23.4 Å². The summed E-state index contributed by atoms with van der Waals surface area (Å²) in [7, 11) is 0. The first-order valence-corrected chi connectivity index (χ1v) is 7.41. The highest BCUT2D eigenvalue weighted by Crippen LogP contribution is 2.32. The molecule has 0 unspecified atom stereocenters. The molecule has 1 aromatic carbocycles. The summed E-state index contributed by atoms with van der Waals surface area (Å²) in [6, 6.07) is 8.28. The van der Waals surface area contributed by atoms with E-state index in [9.17, 15) is 4.79 Å². The van der Waals surface area contributed by atoms with E-state index in [4.69, 9.17) is 4.74 Å². The van der Waals surface area contributed by atoms with Crippen LogP contribution in [-0.4, -0.2) is 23.9 Å². The molecule has 106 valence electrons. The second-order valence-corrected chi connectivity index (χ2v) is 7.12. The van der Waals surface area contributed by atoms with Gasteiger partial charge in [0.2, 0.25) is 0 Å². The Hall–Kier alpha value is -1.16. The van der Waals surface area contributed by atoms with Gasteiger partial charge in [-0.15, -0.1) is 11.8 Å². The summed E-state index contributed by atoms with van der Waals surface area (Å²) in [5, 5.41) is 3.21. The average molecular weight is 281 g/mol. The maximum Gasteiger partial charge on any atom is 0.307 e. The molecule has 0 bridgehead atoms. The van der Waals surface area contributed by atoms with Crippen molar-refractivity contribution < 1.29 is 9.53 Å². The second-order valence-electron chi connectivity index (χ2n) is 5.22. The molecule has 1 aromatic rings. The first kappa shape index (κ1) is 15.9. The highest BCUT2D eigenvalue weighted by atomic mass is 32.2. The minimum atomic E-state index is -0.157. The van der Waals surface area contributed by atoms with Gasteiger partial charge in [0, 0.05) is 21.9 Å². The van der Waals surface area contributed by atoms with Gasteiger partial charge >= 0.3 is 5.97 Å². The van der Waals surface area contributed by atoms with Crippen molar-refractivity contribution in [2.24, 2.45) is 0 Å². The van der Waals surface area contributed by atoms with Crippen LogP contribution in [-0.2, 0) is 9.53 Å². The fourth-order valence-corrected chi connectivity index (χ4v) is 2.52. The number of hydrogen-bond donors (Lipinski definition) is 1. The van der Waals surface area contributed by atoms with Crippen LogP contribution in [0.15, 0.2) is 29.2 Å². The molecule has 0 atom stereocenters. The van der Waals surface area contributed by atoms with Crippen molar-refractivity contribution in [1.82, 2.24) is 0 Å². The number of benzene rings is 1. The lowest BCUT2D eigenvalue weighted by Gasteiger charge is -2.17. The minimum absolute atomic E-state index is 0.157. The Morgan fingerprint density at radius 1 is 1.26 bits per heavy atom. The lowest BCUT2D eigenvalue weighted by Crippen LogP contribution is -2.11. The third-order valence-electron chi connectivity index (χ3n) is 2.24. The normalized spacial score (nSPS) is 11.2. The van der Waals surface area contributed by atoms with Gasteiger partial charge < -0.3 is 10.1 Å². The monoisotopic (exact) mass is 281 g/mol. The molecule has 0 spiro atoms. The van der Waals surface area contributed by atoms with Crippen LogP contribution < -0.4 is 5.32 Å². The minimum Gasteiger partial charge on any atom is -0.466 e. The van der Waals surface area contributed by atoms with Crippen LogP contribution in [0.2, 0.25) is 0 Å². The molecule has 0 fully saturated rings. The van der Waals surface area contributed by atoms with E-state index in [0.29, 0.717) is 19.6 Å². The Morgan fingerprint density at radius 2 is 1.89 bits per heavy atom. The molecule has 0 radical (unpaired) electrons. The van der Waals surface area contributed by atoms with Gasteiger partial charge in [0.15, 0.2) is 0 Å². The van der Waals surface area contributed by atoms with E-state index < -0.39 is 0 Å². The zero-order chi connectivity index (χ0) is 14.3. The van der Waals surface area contributed by atoms with Gasteiger partial charge in [-0.1, -0.05) is 20.8 Å². The van der Waals surface area contributed by atoms with E-state index in [1.165, 1.54) is 4.90 Å². The van der Waals surface area contributed by atoms with E-state index in [0.717, 1.165) is 5.69 Å². The zero-order valence-corrected chi connectivity index (χ0v) is 13.0. The number of thioether (sulfide) groups is 1. The summed E-state index contributed by atoms with van der Waals surface area (Å²) < 4.78 is 5.09. The molecule has 0 aliphatic rings. The fourth-order valence-electron chi connectivity index (χ4n) is 1.54. The molecule has 1 rings (SSSR count). The summed E-state index contributed by atoms with van der Waals surface area (Å²) in [5.74, 6) is -0.157. The summed E-state index contributed by atoms with van der Waals surface area (Å²) >= 11 is 1.84. The maximum absolute atomic E-state index is 11.2. The molecule has 0 aliphatic carbocycles. The largest absolute Gasteiger partial charge is 0.466 e. The molecule has 0 saturated carbocycles. The zero-order valence-electron chi connectivity index (χ0n) is 12.2. The van der Waals surface area contributed by atoms with Gasteiger partial charge in [-0.3, -0.25) is 4.79 Å². The number of hydrogen-bond acceptors (Lipinski definition) is 4. The van der Waals surface area contributed by atoms with Crippen molar-refractivity contribution in [3.63, 3.8) is 0 Å². The second kappa shape index (κ2) is 7.43. The molecule has 0 amide bonds. The number of nitrogens with one attached hydrogen (secondary N) is 1. The average Bonchev–Trinajstić information content (AvgIpc) is 2.30. The number of anilines is 1. The summed E-state index contributed by atoms with van der Waals surface area (Å²) in [6.07, 6.45) is 0.395. The Morgan fingerprint density at radius 3 is 2.42 bits per heavy atom. The molecule has 19 heavy (non-hydrogen) atoms. The molecule has 1 N–H and O–H groups in total. The number of carbonyl (C=O) groups excluding carboxylic acids is 1. The van der Waals surface area contributed by atoms with Crippen molar-refractivity contribution in [1.29, 1.82) is 0 Å². The molecule has 0 saturated heterocycles. The summed E-state index contributed by atoms with van der Waals surface area (Å²) in [5.41, 5.74) is 1.03. The van der Waals surface area contributed by atoms with E-state index in [1.807, 2.05) is 30.8 Å². The fraction of sp³-hybridized carbons (Fsp3) is 0.533. The van der Waals surface area contributed by atoms with Gasteiger partial charge in [-0.25, -0.2) is 0 Å². The van der Waals surface area contributed by atoms with Gasteiger partial charge in [-0.05, 0) is 31.2 Å². The summed E-state index contributed by atoms with van der Waals surface area (Å²) in [6.45, 7) is 9.45. The SMILES string of the molecule is CCOC(=O)CCNc1ccc(SC(C)(C)C)cc1. The molecule has 0 heterocycles. The van der Waals surface area contributed by atoms with Crippen LogP contribution in [0.25, 0.3) is 0 Å². The summed E-state index contributed by atoms with van der Waals surface area (Å²) in [4.78, 5) is 12.4. The quantitative estimate of drug-likeness (QED) is 0.633. The Balaban J connectivity index is 2.38. The highest BCUT2D eigenvalue weighted by molar-refractivity contribution is 8.00. The first-order chi connectivity index (χ1) is 8.90. The van der Waals surface area contributed by atoms with Crippen molar-refractivity contribution in [2.75, 3.05) is 18.5 Å². The topological polar surface area (TPSA) is 38.3 Å². The number of ether oxygens (including phenoxy) is 1. The van der Waals surface area contributed by atoms with E-state index in [2.05, 4.69) is 38.2 Å². The molecule has 0 aliphatic heterocycles. The Labute approximate surface area is 120 Å². The predicted octanol–water partition coefficient (Wildman–Crippen LogP) is 3.94. The lowest BCUT2D eigenvalue weighted by molar-refractivity contribution is -0.142. The van der Waals surface area contributed by atoms with Crippen LogP contribution in [0.4, 0.5) is 5.69 Å². The third-order valence-corrected chi connectivity index (χ3v) is 3.36. The van der Waals surface area contributed by atoms with Crippen LogP contribution in [0, 0.1) is 0 Å². The van der Waals surface area contributed by atoms with Crippen molar-refractivity contribution in [3.8, 4) is 0 Å². The Kier molecular flexibility index (Phi) is 6.22. The molecular formula is C15H23NO2S. The van der Waals surface area contributed by atoms with E-state index in [-0.39, 0.29) is 10.7 Å². The predicted molar refractivity (Wildman–Crippen MR) is 81.8 cm³/mol. The van der Waals surface area contributed by atoms with E-state index >= 15 is 0 Å². The van der Waals surface area contributed by atoms with Crippen molar-refractivity contribution in [3.05, 3.63) is 24.3 Å². The smallest absolute Gasteiger partial charge is 0.307 e. The van der Waals surface area contributed by atoms with Crippen LogP contribution in [0.3, 0.4) is 0 Å². The molecule has 0 aromatic heterocycles.